The van der Waals surface area contributed by atoms with E-state index in [1.807, 2.05) is 6.20 Å². The summed E-state index contributed by atoms with van der Waals surface area (Å²) in [6.07, 6.45) is 4.23. The molecule has 9 aromatic rings. The van der Waals surface area contributed by atoms with Crippen LogP contribution in [0.2, 0.25) is 0 Å². The Bertz CT molecular complexity index is 3510. The summed E-state index contributed by atoms with van der Waals surface area (Å²) >= 11 is 0. The fourth-order valence-corrected chi connectivity index (χ4v) is 10.3. The van der Waals surface area contributed by atoms with E-state index in [1.54, 1.807) is 0 Å². The predicted octanol–water partition coefficient (Wildman–Crippen LogP) is 17.8. The number of ether oxygens (including phenoxy) is 1. The van der Waals surface area contributed by atoms with Gasteiger partial charge in [-0.15, -0.1) is 53.8 Å². The monoisotopic (exact) mass is 1150 g/mol. The number of fused-ring (bicyclic) bond motifs is 3. The van der Waals surface area contributed by atoms with Crippen LogP contribution in [0, 0.1) is 24.2 Å². The minimum Gasteiger partial charge on any atom is -0.509 e. The van der Waals surface area contributed by atoms with Crippen LogP contribution < -0.4 is 14.5 Å². The first kappa shape index (κ1) is 52.2. The van der Waals surface area contributed by atoms with Gasteiger partial charge in [0, 0.05) is 66.5 Å². The van der Waals surface area contributed by atoms with Gasteiger partial charge in [-0.1, -0.05) is 216 Å². The van der Waals surface area contributed by atoms with Gasteiger partial charge in [0.1, 0.15) is 5.82 Å². The second-order valence-corrected chi connectivity index (χ2v) is 24.0. The second-order valence-electron chi connectivity index (χ2n) is 24.0. The smallest absolute Gasteiger partial charge is 0.135 e. The molecule has 7 aromatic carbocycles. The Balaban J connectivity index is 0.00000672. The van der Waals surface area contributed by atoms with Crippen LogP contribution in [0.25, 0.3) is 38.8 Å². The molecule has 5 nitrogen and oxygen atoms in total. The van der Waals surface area contributed by atoms with Crippen molar-refractivity contribution in [2.75, 3.05) is 9.80 Å². The van der Waals surface area contributed by atoms with Gasteiger partial charge in [0.15, 0.2) is 0 Å². The maximum atomic E-state index is 7.25. The molecule has 0 bridgehead atoms. The number of rotatable bonds is 10. The minimum atomic E-state index is -0.431. The van der Waals surface area contributed by atoms with Gasteiger partial charge in [-0.3, -0.25) is 0 Å². The van der Waals surface area contributed by atoms with E-state index in [2.05, 4.69) is 293 Å². The quantitative estimate of drug-likeness (QED) is 0.128. The molecule has 10 rings (SSSR count). The van der Waals surface area contributed by atoms with Crippen LogP contribution in [0.1, 0.15) is 123 Å². The molecule has 380 valence electrons. The number of hydrogen-bond acceptors (Lipinski definition) is 4. The molecule has 0 saturated carbocycles. The Morgan fingerprint density at radius 3 is 1.72 bits per heavy atom. The fraction of sp³-hybridized carbons (Fsp3) is 0.265. The first-order chi connectivity index (χ1) is 34.6. The number of pyridine rings is 1. The van der Waals surface area contributed by atoms with Crippen molar-refractivity contribution >= 4 is 33.2 Å². The second kappa shape index (κ2) is 19.5. The Morgan fingerprint density at radius 2 is 1.08 bits per heavy atom. The summed E-state index contributed by atoms with van der Waals surface area (Å²) in [5.74, 6) is 2.05. The molecular weight excluding hydrogens is 1080 g/mol. The fourth-order valence-electron chi connectivity index (χ4n) is 10.3. The van der Waals surface area contributed by atoms with Gasteiger partial charge in [-0.25, -0.2) is 4.98 Å². The Labute approximate surface area is 455 Å². The van der Waals surface area contributed by atoms with Crippen molar-refractivity contribution in [1.29, 1.82) is 0 Å². The zero-order valence-corrected chi connectivity index (χ0v) is 47.6. The molecule has 0 N–H and O–H groups in total. The molecule has 0 radical (unpaired) electrons. The first-order valence-electron chi connectivity index (χ1n) is 25.8. The summed E-state index contributed by atoms with van der Waals surface area (Å²) in [6, 6.07) is 66.6. The van der Waals surface area contributed by atoms with Crippen LogP contribution in [0.3, 0.4) is 0 Å². The SMILES string of the molecule is CC(C)(C)C1=CN(c2cc(-c3ccccc3)cc(C(C)(C)C)c2)[CH-]N1c1[c-]c(Oc2[c-]c3c(c(C(C)(C)c4ccccc4)c2)c2ccccc2n3-c2cc(C(C)(C)c3ccccc3)ccn2)cc(C(C)(C)C)c1.[Pt]. The average Bonchev–Trinajstić information content (AvgIpc) is 3.98. The molecule has 3 heterocycles. The van der Waals surface area contributed by atoms with Gasteiger partial charge in [0.25, 0.3) is 0 Å². The summed E-state index contributed by atoms with van der Waals surface area (Å²) < 4.78 is 9.53. The number of benzene rings is 7. The van der Waals surface area contributed by atoms with E-state index in [4.69, 9.17) is 9.72 Å². The molecule has 6 heteroatoms. The third kappa shape index (κ3) is 10.0. The van der Waals surface area contributed by atoms with Crippen LogP contribution in [0.4, 0.5) is 11.4 Å². The number of hydrogen-bond donors (Lipinski definition) is 0. The first-order valence-corrected chi connectivity index (χ1v) is 25.8. The normalized spacial score (nSPS) is 13.6. The molecule has 1 aliphatic heterocycles. The summed E-state index contributed by atoms with van der Waals surface area (Å²) in [6.45, 7) is 31.9. The van der Waals surface area contributed by atoms with E-state index in [0.717, 1.165) is 55.8 Å². The van der Waals surface area contributed by atoms with Gasteiger partial charge < -0.3 is 19.1 Å². The van der Waals surface area contributed by atoms with Crippen molar-refractivity contribution in [2.24, 2.45) is 5.41 Å². The van der Waals surface area contributed by atoms with Crippen LogP contribution >= 0.6 is 0 Å². The van der Waals surface area contributed by atoms with Gasteiger partial charge in [0.05, 0.1) is 0 Å². The minimum absolute atomic E-state index is 0. The molecule has 1 aliphatic rings. The molecule has 74 heavy (non-hydrogen) atoms. The van der Waals surface area contributed by atoms with Crippen LogP contribution in [-0.2, 0) is 42.7 Å². The van der Waals surface area contributed by atoms with Crippen LogP contribution in [0.5, 0.6) is 11.5 Å². The van der Waals surface area contributed by atoms with E-state index in [0.29, 0.717) is 11.5 Å². The Morgan fingerprint density at radius 1 is 0.500 bits per heavy atom. The van der Waals surface area contributed by atoms with Crippen molar-refractivity contribution in [3.8, 4) is 28.4 Å². The molecular formula is C68H69N4OPt-3. The largest absolute Gasteiger partial charge is 0.509 e. The van der Waals surface area contributed by atoms with Gasteiger partial charge in [-0.2, -0.15) is 0 Å². The van der Waals surface area contributed by atoms with Crippen LogP contribution in [-0.4, -0.2) is 9.55 Å². The van der Waals surface area contributed by atoms with E-state index in [9.17, 15) is 0 Å². The molecule has 0 amide bonds. The van der Waals surface area contributed by atoms with E-state index in [-0.39, 0.29) is 42.7 Å². The van der Waals surface area contributed by atoms with Crippen molar-refractivity contribution in [3.63, 3.8) is 0 Å². The Kier molecular flexibility index (Phi) is 13.8. The van der Waals surface area contributed by atoms with Gasteiger partial charge >= 0.3 is 0 Å². The summed E-state index contributed by atoms with van der Waals surface area (Å²) in [7, 11) is 0. The summed E-state index contributed by atoms with van der Waals surface area (Å²) in [5.41, 5.74) is 13.5. The number of aromatic nitrogens is 2. The third-order valence-corrected chi connectivity index (χ3v) is 14.9. The van der Waals surface area contributed by atoms with Gasteiger partial charge in [0.2, 0.25) is 0 Å². The van der Waals surface area contributed by atoms with Crippen molar-refractivity contribution in [2.45, 2.75) is 112 Å². The number of para-hydroxylation sites is 1. The van der Waals surface area contributed by atoms with Crippen molar-refractivity contribution in [1.82, 2.24) is 9.55 Å². The standard InChI is InChI=1S/C68H69N4O.Pt/c1-64(2,3)51-35-47(46-25-17-14-18-26-46)36-53(37-51)70-44-61(66(7,8)9)71(45-70)54-38-52(65(4,5)6)39-55(41-54)73-56-42-58(68(12,13)49-29-21-16-22-30-49)63-57-31-23-24-32-59(57)72(60(63)43-56)62-40-50(33-34-69-62)67(10,11)48-27-19-15-20-28-48;/h14-40,42,44-45H,1-13H3;/q-3;. The molecule has 0 unspecified atom stereocenters. The van der Waals surface area contributed by atoms with E-state index >= 15 is 0 Å². The molecule has 0 aliphatic carbocycles. The summed E-state index contributed by atoms with van der Waals surface area (Å²) in [4.78, 5) is 9.70. The third-order valence-electron chi connectivity index (χ3n) is 14.9. The van der Waals surface area contributed by atoms with E-state index < -0.39 is 5.41 Å². The average molecular weight is 1150 g/mol. The van der Waals surface area contributed by atoms with Crippen molar-refractivity contribution < 1.29 is 25.8 Å². The van der Waals surface area contributed by atoms with Gasteiger partial charge in [-0.05, 0) is 91.5 Å². The molecule has 0 spiro atoms. The van der Waals surface area contributed by atoms with Crippen LogP contribution in [0.15, 0.2) is 182 Å². The summed E-state index contributed by atoms with van der Waals surface area (Å²) in [5, 5.41) is 2.26. The maximum Gasteiger partial charge on any atom is 0.135 e. The number of anilines is 2. The molecule has 0 fully saturated rings. The zero-order valence-electron chi connectivity index (χ0n) is 45.3. The predicted molar refractivity (Wildman–Crippen MR) is 306 cm³/mol. The molecule has 0 atom stereocenters. The Hall–Kier alpha value is -6.68. The number of nitrogens with zero attached hydrogens (tertiary/aromatic N) is 4. The van der Waals surface area contributed by atoms with Crippen molar-refractivity contribution in [3.05, 3.63) is 234 Å². The zero-order chi connectivity index (χ0) is 51.7. The molecule has 2 aromatic heterocycles. The topological polar surface area (TPSA) is 33.5 Å². The maximum absolute atomic E-state index is 7.25. The number of allylic oxidation sites excluding steroid dienone is 1. The molecule has 0 saturated heterocycles. The van der Waals surface area contributed by atoms with E-state index in [1.165, 1.54) is 33.4 Å².